The monoisotopic (exact) mass is 420 g/mol. The molecule has 2 rings (SSSR count). The van der Waals surface area contributed by atoms with E-state index in [2.05, 4.69) is 0 Å². The number of halogens is 6. The van der Waals surface area contributed by atoms with Gasteiger partial charge < -0.3 is 14.1 Å². The molecule has 0 unspecified atom stereocenters. The lowest BCUT2D eigenvalue weighted by molar-refractivity contribution is -0.143. The molecule has 156 valence electrons. The molecule has 0 bridgehead atoms. The zero-order chi connectivity index (χ0) is 21.8. The second-order valence-electron chi connectivity index (χ2n) is 5.96. The smallest absolute Gasteiger partial charge is 0.417 e. The predicted molar refractivity (Wildman–Crippen MR) is 87.4 cm³/mol. The minimum atomic E-state index is -4.91. The fourth-order valence-electron chi connectivity index (χ4n) is 2.46. The summed E-state index contributed by atoms with van der Waals surface area (Å²) in [6.07, 6.45) is -9.62. The minimum absolute atomic E-state index is 0.0225. The van der Waals surface area contributed by atoms with Crippen LogP contribution in [0.3, 0.4) is 0 Å². The van der Waals surface area contributed by atoms with Crippen molar-refractivity contribution < 1.29 is 40.3 Å². The van der Waals surface area contributed by atoms with Crippen LogP contribution >= 0.6 is 0 Å². The molecule has 0 fully saturated rings. The Kier molecular flexibility index (Phi) is 6.46. The number of anilines is 1. The maximum atomic E-state index is 13.1. The third-order valence-corrected chi connectivity index (χ3v) is 3.65. The van der Waals surface area contributed by atoms with Gasteiger partial charge in [0.2, 0.25) is 0 Å². The summed E-state index contributed by atoms with van der Waals surface area (Å²) in [6, 6.07) is 6.39. The minimum Gasteiger partial charge on any atom is -0.461 e. The summed E-state index contributed by atoms with van der Waals surface area (Å²) < 4.78 is 88.4. The van der Waals surface area contributed by atoms with E-state index in [4.69, 9.17) is 14.4 Å². The van der Waals surface area contributed by atoms with Crippen LogP contribution in [-0.2, 0) is 28.9 Å². The van der Waals surface area contributed by atoms with Crippen LogP contribution in [0.15, 0.2) is 34.7 Å². The summed E-state index contributed by atoms with van der Waals surface area (Å²) in [4.78, 5) is 11.4. The number of nitrogens with zero attached hydrogens (tertiary/aromatic N) is 2. The molecule has 11 heteroatoms. The summed E-state index contributed by atoms with van der Waals surface area (Å²) in [5.74, 6) is -0.397. The summed E-state index contributed by atoms with van der Waals surface area (Å²) in [6.45, 7) is -1.11. The number of hydrogen-bond donors (Lipinski definition) is 0. The largest absolute Gasteiger partial charge is 0.461 e. The topological polar surface area (TPSA) is 66.5 Å². The molecule has 0 N–H and O–H groups in total. The Labute approximate surface area is 161 Å². The van der Waals surface area contributed by atoms with Crippen molar-refractivity contribution in [3.05, 3.63) is 53.0 Å². The SMILES string of the molecule is CC(=O)OCc1ccc(CN(CC(F)(F)F)c2ccc(C#N)c(C(F)(F)F)c2)o1. The Hall–Kier alpha value is -3.16. The molecular weight excluding hydrogens is 406 g/mol. The maximum absolute atomic E-state index is 13.1. The Bertz CT molecular complexity index is 912. The normalized spacial score (nSPS) is 11.8. The molecule has 0 aliphatic heterocycles. The van der Waals surface area contributed by atoms with Crippen molar-refractivity contribution in [2.24, 2.45) is 0 Å². The summed E-state index contributed by atoms with van der Waals surface area (Å²) in [5, 5.41) is 8.83. The van der Waals surface area contributed by atoms with Gasteiger partial charge in [-0.1, -0.05) is 0 Å². The first-order chi connectivity index (χ1) is 13.4. The summed E-state index contributed by atoms with van der Waals surface area (Å²) >= 11 is 0. The Morgan fingerprint density at radius 3 is 2.34 bits per heavy atom. The average molecular weight is 420 g/mol. The summed E-state index contributed by atoms with van der Waals surface area (Å²) in [7, 11) is 0. The van der Waals surface area contributed by atoms with E-state index < -0.39 is 42.5 Å². The fourth-order valence-corrected chi connectivity index (χ4v) is 2.46. The molecule has 0 spiro atoms. The van der Waals surface area contributed by atoms with Gasteiger partial charge in [0.15, 0.2) is 0 Å². The van der Waals surface area contributed by atoms with Crippen LogP contribution in [-0.4, -0.2) is 18.7 Å². The van der Waals surface area contributed by atoms with Gasteiger partial charge in [-0.25, -0.2) is 0 Å². The van der Waals surface area contributed by atoms with Crippen molar-refractivity contribution in [3.63, 3.8) is 0 Å². The molecule has 0 aliphatic rings. The number of furan rings is 1. The quantitative estimate of drug-likeness (QED) is 0.496. The van der Waals surface area contributed by atoms with Gasteiger partial charge in [-0.15, -0.1) is 0 Å². The molecule has 1 aromatic carbocycles. The molecule has 1 aromatic heterocycles. The lowest BCUT2D eigenvalue weighted by Gasteiger charge is -2.26. The number of carbonyl (C=O) groups is 1. The Morgan fingerprint density at radius 1 is 1.14 bits per heavy atom. The van der Waals surface area contributed by atoms with E-state index in [1.165, 1.54) is 18.2 Å². The van der Waals surface area contributed by atoms with E-state index >= 15 is 0 Å². The van der Waals surface area contributed by atoms with Gasteiger partial charge in [-0.05, 0) is 30.3 Å². The second kappa shape index (κ2) is 8.46. The maximum Gasteiger partial charge on any atom is 0.417 e. The van der Waals surface area contributed by atoms with Crippen molar-refractivity contribution in [3.8, 4) is 6.07 Å². The number of nitriles is 1. The van der Waals surface area contributed by atoms with Gasteiger partial charge in [-0.3, -0.25) is 4.79 Å². The third kappa shape index (κ3) is 6.44. The third-order valence-electron chi connectivity index (χ3n) is 3.65. The highest BCUT2D eigenvalue weighted by Gasteiger charge is 2.36. The van der Waals surface area contributed by atoms with Gasteiger partial charge in [0.25, 0.3) is 0 Å². The van der Waals surface area contributed by atoms with Gasteiger partial charge in [0.05, 0.1) is 23.7 Å². The van der Waals surface area contributed by atoms with E-state index in [1.54, 1.807) is 0 Å². The molecular formula is C18H14F6N2O3. The number of esters is 1. The van der Waals surface area contributed by atoms with Crippen LogP contribution in [0.5, 0.6) is 0 Å². The van der Waals surface area contributed by atoms with E-state index in [9.17, 15) is 31.1 Å². The van der Waals surface area contributed by atoms with Gasteiger partial charge in [0, 0.05) is 12.6 Å². The van der Waals surface area contributed by atoms with Crippen LogP contribution < -0.4 is 4.90 Å². The molecule has 1 heterocycles. The van der Waals surface area contributed by atoms with Gasteiger partial charge >= 0.3 is 18.3 Å². The molecule has 0 atom stereocenters. The molecule has 0 aliphatic carbocycles. The standard InChI is InChI=1S/C18H14F6N2O3/c1-11(27)28-9-15-5-4-14(29-15)8-26(10-17(19,20)21)13-3-2-12(7-25)16(6-13)18(22,23)24/h2-6H,8-10H2,1H3. The second-order valence-corrected chi connectivity index (χ2v) is 5.96. The molecule has 5 nitrogen and oxygen atoms in total. The number of carbonyl (C=O) groups excluding carboxylic acids is 1. The first kappa shape index (κ1) is 22.1. The van der Waals surface area contributed by atoms with Crippen molar-refractivity contribution >= 4 is 11.7 Å². The lowest BCUT2D eigenvalue weighted by Crippen LogP contribution is -2.34. The van der Waals surface area contributed by atoms with E-state index in [0.29, 0.717) is 11.0 Å². The number of ether oxygens (including phenoxy) is 1. The van der Waals surface area contributed by atoms with Crippen molar-refractivity contribution in [1.82, 2.24) is 0 Å². The average Bonchev–Trinajstić information content (AvgIpc) is 3.04. The van der Waals surface area contributed by atoms with Crippen LogP contribution in [0, 0.1) is 11.3 Å². The van der Waals surface area contributed by atoms with Crippen LogP contribution in [0.25, 0.3) is 0 Å². The molecule has 29 heavy (non-hydrogen) atoms. The van der Waals surface area contributed by atoms with E-state index in [0.717, 1.165) is 19.1 Å². The van der Waals surface area contributed by atoms with Crippen molar-refractivity contribution in [1.29, 1.82) is 5.26 Å². The Balaban J connectivity index is 2.34. The molecule has 0 saturated carbocycles. The molecule has 2 aromatic rings. The predicted octanol–water partition coefficient (Wildman–Crippen LogP) is 4.80. The molecule has 0 radical (unpaired) electrons. The van der Waals surface area contributed by atoms with Crippen LogP contribution in [0.2, 0.25) is 0 Å². The van der Waals surface area contributed by atoms with Crippen LogP contribution in [0.1, 0.15) is 29.6 Å². The highest BCUT2D eigenvalue weighted by Crippen LogP contribution is 2.35. The first-order valence-corrected chi connectivity index (χ1v) is 8.03. The number of hydrogen-bond acceptors (Lipinski definition) is 5. The van der Waals surface area contributed by atoms with Gasteiger partial charge in [-0.2, -0.15) is 31.6 Å². The molecule has 0 saturated heterocycles. The fraction of sp³-hybridized carbons (Fsp3) is 0.333. The van der Waals surface area contributed by atoms with E-state index in [-0.39, 0.29) is 23.8 Å². The van der Waals surface area contributed by atoms with Crippen molar-refractivity contribution in [2.75, 3.05) is 11.4 Å². The summed E-state index contributed by atoms with van der Waals surface area (Å²) in [5.41, 5.74) is -2.42. The highest BCUT2D eigenvalue weighted by molar-refractivity contribution is 5.65. The lowest BCUT2D eigenvalue weighted by atomic mass is 10.1. The zero-order valence-corrected chi connectivity index (χ0v) is 14.9. The zero-order valence-electron chi connectivity index (χ0n) is 14.9. The van der Waals surface area contributed by atoms with Gasteiger partial charge in [0.1, 0.15) is 24.7 Å². The Morgan fingerprint density at radius 2 is 1.79 bits per heavy atom. The van der Waals surface area contributed by atoms with Crippen LogP contribution in [0.4, 0.5) is 32.0 Å². The van der Waals surface area contributed by atoms with E-state index in [1.807, 2.05) is 0 Å². The molecule has 0 amide bonds. The number of rotatable bonds is 6. The first-order valence-electron chi connectivity index (χ1n) is 8.03. The van der Waals surface area contributed by atoms with Crippen molar-refractivity contribution in [2.45, 2.75) is 32.4 Å². The highest BCUT2D eigenvalue weighted by atomic mass is 19.4. The number of benzene rings is 1. The number of alkyl halides is 6.